The molecule has 1 amide bonds. The fourth-order valence-corrected chi connectivity index (χ4v) is 4.78. The molecule has 2 aliphatic rings. The first kappa shape index (κ1) is 20.1. The number of nitrogens with zero attached hydrogens (tertiary/aromatic N) is 2. The number of para-hydroxylation sites is 1. The van der Waals surface area contributed by atoms with Crippen molar-refractivity contribution in [3.8, 4) is 0 Å². The van der Waals surface area contributed by atoms with Gasteiger partial charge in [-0.15, -0.1) is 0 Å². The molecule has 5 nitrogen and oxygen atoms in total. The second-order valence-corrected chi connectivity index (χ2v) is 8.21. The topological polar surface area (TPSA) is 54.5 Å². The molecule has 0 spiro atoms. The third-order valence-electron chi connectivity index (χ3n) is 6.34. The maximum absolute atomic E-state index is 13.5. The fraction of sp³-hybridized carbons (Fsp3) is 0.360. The van der Waals surface area contributed by atoms with E-state index in [1.807, 2.05) is 24.3 Å². The van der Waals surface area contributed by atoms with E-state index >= 15 is 0 Å². The molecule has 0 radical (unpaired) electrons. The number of hydrogen-bond acceptors (Lipinski definition) is 4. The number of morpholine rings is 1. The lowest BCUT2D eigenvalue weighted by Crippen LogP contribution is -2.44. The maximum Gasteiger partial charge on any atom is 0.252 e. The third-order valence-corrected chi connectivity index (χ3v) is 6.34. The molecule has 31 heavy (non-hydrogen) atoms. The van der Waals surface area contributed by atoms with Crippen molar-refractivity contribution < 1.29 is 13.9 Å². The average molecular weight is 420 g/mol. The zero-order valence-corrected chi connectivity index (χ0v) is 17.4. The van der Waals surface area contributed by atoms with Crippen LogP contribution in [0.2, 0.25) is 0 Å². The van der Waals surface area contributed by atoms with E-state index in [4.69, 9.17) is 9.72 Å². The molecule has 2 aromatic carbocycles. The Morgan fingerprint density at radius 1 is 1.10 bits per heavy atom. The first-order valence-electron chi connectivity index (χ1n) is 11.0. The van der Waals surface area contributed by atoms with Crippen LogP contribution in [0.15, 0.2) is 48.5 Å². The minimum absolute atomic E-state index is 0.0328. The lowest BCUT2D eigenvalue weighted by Gasteiger charge is -2.35. The van der Waals surface area contributed by atoms with Gasteiger partial charge in [0, 0.05) is 30.7 Å². The van der Waals surface area contributed by atoms with Gasteiger partial charge in [-0.05, 0) is 48.6 Å². The molecule has 0 bridgehead atoms. The van der Waals surface area contributed by atoms with E-state index in [1.165, 1.54) is 12.1 Å². The summed E-state index contributed by atoms with van der Waals surface area (Å²) in [7, 11) is 0. The highest BCUT2D eigenvalue weighted by atomic mass is 19.1. The Morgan fingerprint density at radius 3 is 2.68 bits per heavy atom. The van der Waals surface area contributed by atoms with Gasteiger partial charge in [-0.3, -0.25) is 14.7 Å². The van der Waals surface area contributed by atoms with Crippen LogP contribution in [0.4, 0.5) is 4.39 Å². The number of ether oxygens (including phenoxy) is 1. The van der Waals surface area contributed by atoms with Gasteiger partial charge in [-0.2, -0.15) is 0 Å². The average Bonchev–Trinajstić information content (AvgIpc) is 3.27. The molecule has 2 heterocycles. The van der Waals surface area contributed by atoms with Crippen LogP contribution >= 0.6 is 0 Å². The molecule has 6 heteroatoms. The number of fused-ring (bicyclic) bond motifs is 2. The number of carbonyl (C=O) groups excluding carboxylic acids is 1. The van der Waals surface area contributed by atoms with Gasteiger partial charge in [-0.25, -0.2) is 4.39 Å². The van der Waals surface area contributed by atoms with Crippen LogP contribution in [0.5, 0.6) is 0 Å². The third kappa shape index (κ3) is 4.05. The zero-order chi connectivity index (χ0) is 21.2. The van der Waals surface area contributed by atoms with Crippen LogP contribution < -0.4 is 5.32 Å². The van der Waals surface area contributed by atoms with Gasteiger partial charge in [0.05, 0.1) is 30.3 Å². The molecule has 1 saturated heterocycles. The number of aryl methyl sites for hydroxylation is 1. The van der Waals surface area contributed by atoms with E-state index in [0.29, 0.717) is 19.8 Å². The van der Waals surface area contributed by atoms with Crippen LogP contribution in [0.3, 0.4) is 0 Å². The van der Waals surface area contributed by atoms with Gasteiger partial charge in [0.15, 0.2) is 0 Å². The van der Waals surface area contributed by atoms with Crippen LogP contribution in [-0.4, -0.2) is 48.6 Å². The summed E-state index contributed by atoms with van der Waals surface area (Å²) < 4.78 is 19.0. The number of nitrogens with one attached hydrogen (secondary N) is 1. The highest BCUT2D eigenvalue weighted by Crippen LogP contribution is 2.30. The Balaban J connectivity index is 1.43. The molecular formula is C25H26FN3O2. The van der Waals surface area contributed by atoms with Crippen molar-refractivity contribution in [3.05, 3.63) is 76.7 Å². The van der Waals surface area contributed by atoms with Gasteiger partial charge in [0.1, 0.15) is 5.82 Å². The van der Waals surface area contributed by atoms with E-state index in [1.54, 1.807) is 12.1 Å². The number of halogens is 1. The van der Waals surface area contributed by atoms with E-state index in [-0.39, 0.29) is 17.8 Å². The van der Waals surface area contributed by atoms with E-state index in [0.717, 1.165) is 65.6 Å². The lowest BCUT2D eigenvalue weighted by atomic mass is 10.00. The van der Waals surface area contributed by atoms with E-state index in [9.17, 15) is 9.18 Å². The highest BCUT2D eigenvalue weighted by molar-refractivity contribution is 6.07. The largest absolute Gasteiger partial charge is 0.379 e. The SMILES string of the molecule is O=C(NCC(c1ccc(F)cc1)N1CCOCC1)c1c2c(nc3ccccc13)CCC2. The van der Waals surface area contributed by atoms with Crippen molar-refractivity contribution >= 4 is 16.8 Å². The quantitative estimate of drug-likeness (QED) is 0.686. The van der Waals surface area contributed by atoms with Crippen molar-refractivity contribution in [1.29, 1.82) is 0 Å². The second kappa shape index (κ2) is 8.73. The monoisotopic (exact) mass is 419 g/mol. The summed E-state index contributed by atoms with van der Waals surface area (Å²) in [6.07, 6.45) is 2.85. The summed E-state index contributed by atoms with van der Waals surface area (Å²) >= 11 is 0. The zero-order valence-electron chi connectivity index (χ0n) is 17.4. The number of benzene rings is 2. The molecule has 5 rings (SSSR count). The highest BCUT2D eigenvalue weighted by Gasteiger charge is 2.26. The van der Waals surface area contributed by atoms with Gasteiger partial charge in [-0.1, -0.05) is 30.3 Å². The van der Waals surface area contributed by atoms with Crippen LogP contribution in [0.25, 0.3) is 10.9 Å². The molecule has 0 saturated carbocycles. The number of rotatable bonds is 5. The van der Waals surface area contributed by atoms with Crippen molar-refractivity contribution in [2.75, 3.05) is 32.8 Å². The Morgan fingerprint density at radius 2 is 1.87 bits per heavy atom. The summed E-state index contributed by atoms with van der Waals surface area (Å²) in [5, 5.41) is 4.10. The van der Waals surface area contributed by atoms with Gasteiger partial charge >= 0.3 is 0 Å². The summed E-state index contributed by atoms with van der Waals surface area (Å²) in [5.41, 5.74) is 4.76. The first-order chi connectivity index (χ1) is 15.2. The molecule has 3 aromatic rings. The van der Waals surface area contributed by atoms with Crippen LogP contribution in [-0.2, 0) is 17.6 Å². The predicted octanol–water partition coefficient (Wildman–Crippen LogP) is 3.67. The fourth-order valence-electron chi connectivity index (χ4n) is 4.78. The van der Waals surface area contributed by atoms with Crippen molar-refractivity contribution in [2.45, 2.75) is 25.3 Å². The van der Waals surface area contributed by atoms with Crippen LogP contribution in [0.1, 0.15) is 39.6 Å². The lowest BCUT2D eigenvalue weighted by molar-refractivity contribution is 0.0162. The van der Waals surface area contributed by atoms with E-state index < -0.39 is 0 Å². The molecule has 1 aromatic heterocycles. The molecule has 1 unspecified atom stereocenters. The number of pyridine rings is 1. The van der Waals surface area contributed by atoms with E-state index in [2.05, 4.69) is 10.2 Å². The normalized spacial score (nSPS) is 17.5. The summed E-state index contributed by atoms with van der Waals surface area (Å²) in [4.78, 5) is 20.5. The number of carbonyl (C=O) groups is 1. The van der Waals surface area contributed by atoms with Crippen molar-refractivity contribution in [1.82, 2.24) is 15.2 Å². The Kier molecular flexibility index (Phi) is 5.66. The molecule has 1 aliphatic heterocycles. The Bertz CT molecular complexity index is 1090. The summed E-state index contributed by atoms with van der Waals surface area (Å²) in [5.74, 6) is -0.315. The van der Waals surface area contributed by atoms with Crippen molar-refractivity contribution in [3.63, 3.8) is 0 Å². The standard InChI is InChI=1S/C25H26FN3O2/c26-18-10-8-17(9-11-18)23(29-12-14-31-15-13-29)16-27-25(30)24-19-4-1-2-6-21(19)28-22-7-3-5-20(22)24/h1-2,4,6,8-11,23H,3,5,7,12-16H2,(H,27,30). The number of amides is 1. The van der Waals surface area contributed by atoms with Gasteiger partial charge < -0.3 is 10.1 Å². The first-order valence-corrected chi connectivity index (χ1v) is 11.0. The number of hydrogen-bond donors (Lipinski definition) is 1. The molecule has 1 atom stereocenters. The molecule has 1 aliphatic carbocycles. The van der Waals surface area contributed by atoms with Crippen molar-refractivity contribution in [2.24, 2.45) is 0 Å². The molecular weight excluding hydrogens is 393 g/mol. The minimum atomic E-state index is -0.257. The predicted molar refractivity (Wildman–Crippen MR) is 118 cm³/mol. The smallest absolute Gasteiger partial charge is 0.252 e. The molecule has 1 fully saturated rings. The van der Waals surface area contributed by atoms with Crippen LogP contribution in [0, 0.1) is 5.82 Å². The molecule has 160 valence electrons. The maximum atomic E-state index is 13.5. The summed E-state index contributed by atoms with van der Waals surface area (Å²) in [6.45, 7) is 3.34. The Labute approximate surface area is 181 Å². The van der Waals surface area contributed by atoms with Gasteiger partial charge in [0.2, 0.25) is 0 Å². The Hall–Kier alpha value is -2.83. The minimum Gasteiger partial charge on any atom is -0.379 e. The number of aromatic nitrogens is 1. The van der Waals surface area contributed by atoms with Gasteiger partial charge in [0.25, 0.3) is 5.91 Å². The second-order valence-electron chi connectivity index (χ2n) is 8.21. The summed E-state index contributed by atoms with van der Waals surface area (Å²) in [6, 6.07) is 14.4. The molecule has 1 N–H and O–H groups in total.